The highest BCUT2D eigenvalue weighted by atomic mass is 16.5. The van der Waals surface area contributed by atoms with Gasteiger partial charge in [0.1, 0.15) is 0 Å². The van der Waals surface area contributed by atoms with E-state index in [1.54, 1.807) is 13.2 Å². The normalized spacial score (nSPS) is 22.5. The number of carbonyl (C=O) groups is 1. The molecule has 21 heavy (non-hydrogen) atoms. The molecular weight excluding hydrogens is 268 g/mol. The molecular formula is C16H30N2O3. The summed E-state index contributed by atoms with van der Waals surface area (Å²) in [5, 5.41) is 9.48. The minimum absolute atomic E-state index is 0.0673. The van der Waals surface area contributed by atoms with Gasteiger partial charge in [0, 0.05) is 46.0 Å². The summed E-state index contributed by atoms with van der Waals surface area (Å²) in [4.78, 5) is 16.3. The number of amides is 1. The summed E-state index contributed by atoms with van der Waals surface area (Å²) in [5.41, 5.74) is 1.01. The maximum atomic E-state index is 12.2. The number of likely N-dealkylation sites (N-methyl/N-ethyl adjacent to an activating group) is 1. The minimum Gasteiger partial charge on any atom is -0.396 e. The fraction of sp³-hybridized carbons (Fsp3) is 0.812. The van der Waals surface area contributed by atoms with Crippen molar-refractivity contribution in [2.24, 2.45) is 11.8 Å². The third-order valence-electron chi connectivity index (χ3n) is 3.85. The Labute approximate surface area is 128 Å². The molecule has 1 aliphatic heterocycles. The summed E-state index contributed by atoms with van der Waals surface area (Å²) in [5.74, 6) is 0.666. The smallest absolute Gasteiger partial charge is 0.246 e. The monoisotopic (exact) mass is 298 g/mol. The summed E-state index contributed by atoms with van der Waals surface area (Å²) >= 11 is 0. The van der Waals surface area contributed by atoms with Crippen molar-refractivity contribution in [3.8, 4) is 0 Å². The summed E-state index contributed by atoms with van der Waals surface area (Å²) < 4.78 is 5.09. The quantitative estimate of drug-likeness (QED) is 0.712. The number of carbonyl (C=O) groups excluding carboxylic acids is 1. The number of hydrogen-bond acceptors (Lipinski definition) is 4. The summed E-state index contributed by atoms with van der Waals surface area (Å²) in [6.07, 6.45) is 2.66. The average Bonchev–Trinajstić information content (AvgIpc) is 2.43. The zero-order valence-electron chi connectivity index (χ0n) is 13.8. The summed E-state index contributed by atoms with van der Waals surface area (Å²) in [7, 11) is 3.78. The number of allylic oxidation sites excluding steroid dienone is 1. The predicted octanol–water partition coefficient (Wildman–Crippen LogP) is 0.988. The van der Waals surface area contributed by atoms with Gasteiger partial charge < -0.3 is 19.6 Å². The molecule has 0 aromatic heterocycles. The van der Waals surface area contributed by atoms with Gasteiger partial charge in [0.05, 0.1) is 6.61 Å². The largest absolute Gasteiger partial charge is 0.396 e. The fourth-order valence-corrected chi connectivity index (χ4v) is 2.88. The minimum atomic E-state index is 0.0673. The van der Waals surface area contributed by atoms with Crippen molar-refractivity contribution in [3.63, 3.8) is 0 Å². The van der Waals surface area contributed by atoms with E-state index in [0.29, 0.717) is 19.1 Å². The van der Waals surface area contributed by atoms with E-state index in [1.165, 1.54) is 0 Å². The number of rotatable bonds is 7. The average molecular weight is 298 g/mol. The molecule has 1 amide bonds. The van der Waals surface area contributed by atoms with E-state index < -0.39 is 0 Å². The van der Waals surface area contributed by atoms with Crippen LogP contribution in [-0.2, 0) is 9.53 Å². The number of ether oxygens (including phenoxy) is 1. The van der Waals surface area contributed by atoms with E-state index in [9.17, 15) is 9.90 Å². The maximum Gasteiger partial charge on any atom is 0.246 e. The van der Waals surface area contributed by atoms with Crippen LogP contribution in [0.25, 0.3) is 0 Å². The molecule has 5 heteroatoms. The van der Waals surface area contributed by atoms with Crippen LogP contribution >= 0.6 is 0 Å². The molecule has 1 fully saturated rings. The molecule has 1 rings (SSSR count). The number of methoxy groups -OCH3 is 1. The molecule has 0 aromatic carbocycles. The standard InChI is InChI=1S/C16H30N2O3/c1-13(2)7-16(20)18-10-14(8-15(11-18)12-19)9-17(3)5-6-21-4/h7,14-15,19H,5-6,8-12H2,1-4H3. The number of nitrogens with zero attached hydrogens (tertiary/aromatic N) is 2. The van der Waals surface area contributed by atoms with Gasteiger partial charge in [0.15, 0.2) is 0 Å². The molecule has 2 unspecified atom stereocenters. The number of likely N-dealkylation sites (tertiary alicyclic amines) is 1. The molecule has 1 N–H and O–H groups in total. The van der Waals surface area contributed by atoms with Gasteiger partial charge in [-0.3, -0.25) is 4.79 Å². The highest BCUT2D eigenvalue weighted by Gasteiger charge is 2.29. The van der Waals surface area contributed by atoms with Crippen molar-refractivity contribution in [2.45, 2.75) is 20.3 Å². The Morgan fingerprint density at radius 3 is 2.62 bits per heavy atom. The number of aliphatic hydroxyl groups is 1. The van der Waals surface area contributed by atoms with Crippen LogP contribution in [0.4, 0.5) is 0 Å². The van der Waals surface area contributed by atoms with Gasteiger partial charge in [0.25, 0.3) is 0 Å². The summed E-state index contributed by atoms with van der Waals surface area (Å²) in [6, 6.07) is 0. The lowest BCUT2D eigenvalue weighted by molar-refractivity contribution is -0.129. The molecule has 0 saturated carbocycles. The van der Waals surface area contributed by atoms with Gasteiger partial charge in [-0.2, -0.15) is 0 Å². The van der Waals surface area contributed by atoms with Crippen molar-refractivity contribution in [1.82, 2.24) is 9.80 Å². The van der Waals surface area contributed by atoms with Crippen molar-refractivity contribution in [2.75, 3.05) is 53.6 Å². The second kappa shape index (κ2) is 9.18. The van der Waals surface area contributed by atoms with E-state index in [0.717, 1.165) is 31.6 Å². The highest BCUT2D eigenvalue weighted by Crippen LogP contribution is 2.23. The molecule has 1 aliphatic rings. The first kappa shape index (κ1) is 18.1. The van der Waals surface area contributed by atoms with Gasteiger partial charge in [-0.05, 0) is 39.2 Å². The second-order valence-electron chi connectivity index (χ2n) is 6.37. The van der Waals surface area contributed by atoms with Gasteiger partial charge in [-0.1, -0.05) is 5.57 Å². The number of aliphatic hydroxyl groups excluding tert-OH is 1. The molecule has 0 aliphatic carbocycles. The van der Waals surface area contributed by atoms with Gasteiger partial charge in [-0.15, -0.1) is 0 Å². The Balaban J connectivity index is 2.60. The van der Waals surface area contributed by atoms with E-state index in [1.807, 2.05) is 18.7 Å². The topological polar surface area (TPSA) is 53.0 Å². The van der Waals surface area contributed by atoms with Gasteiger partial charge in [-0.25, -0.2) is 0 Å². The molecule has 0 aromatic rings. The SMILES string of the molecule is COCCN(C)CC1CC(CO)CN(C(=O)C=C(C)C)C1. The zero-order valence-corrected chi connectivity index (χ0v) is 13.8. The van der Waals surface area contributed by atoms with E-state index >= 15 is 0 Å². The van der Waals surface area contributed by atoms with Crippen LogP contribution in [-0.4, -0.2) is 74.4 Å². The number of hydrogen-bond donors (Lipinski definition) is 1. The fourth-order valence-electron chi connectivity index (χ4n) is 2.88. The van der Waals surface area contributed by atoms with E-state index in [2.05, 4.69) is 11.9 Å². The maximum absolute atomic E-state index is 12.2. The van der Waals surface area contributed by atoms with Crippen LogP contribution in [0.1, 0.15) is 20.3 Å². The molecule has 1 heterocycles. The molecule has 5 nitrogen and oxygen atoms in total. The first-order valence-electron chi connectivity index (χ1n) is 7.68. The van der Waals surface area contributed by atoms with Gasteiger partial charge in [0.2, 0.25) is 5.91 Å². The lowest BCUT2D eigenvalue weighted by Crippen LogP contribution is -2.47. The lowest BCUT2D eigenvalue weighted by atomic mass is 9.89. The first-order chi connectivity index (χ1) is 9.96. The number of piperidine rings is 1. The molecule has 0 spiro atoms. The van der Waals surface area contributed by atoms with Crippen molar-refractivity contribution in [3.05, 3.63) is 11.6 Å². The molecule has 1 saturated heterocycles. The van der Waals surface area contributed by atoms with Crippen molar-refractivity contribution < 1.29 is 14.6 Å². The molecule has 0 bridgehead atoms. The van der Waals surface area contributed by atoms with Crippen molar-refractivity contribution in [1.29, 1.82) is 0 Å². The summed E-state index contributed by atoms with van der Waals surface area (Å²) in [6.45, 7) is 7.98. The van der Waals surface area contributed by atoms with Crippen LogP contribution < -0.4 is 0 Å². The predicted molar refractivity (Wildman–Crippen MR) is 84.1 cm³/mol. The third kappa shape index (κ3) is 6.59. The van der Waals surface area contributed by atoms with E-state index in [4.69, 9.17) is 4.74 Å². The van der Waals surface area contributed by atoms with Crippen LogP contribution in [0.5, 0.6) is 0 Å². The Morgan fingerprint density at radius 1 is 1.38 bits per heavy atom. The molecule has 0 radical (unpaired) electrons. The zero-order chi connectivity index (χ0) is 15.8. The Kier molecular flexibility index (Phi) is 7.93. The van der Waals surface area contributed by atoms with Gasteiger partial charge >= 0.3 is 0 Å². The van der Waals surface area contributed by atoms with Crippen LogP contribution in [0.15, 0.2) is 11.6 Å². The lowest BCUT2D eigenvalue weighted by Gasteiger charge is -2.38. The molecule has 2 atom stereocenters. The van der Waals surface area contributed by atoms with Crippen molar-refractivity contribution >= 4 is 5.91 Å². The highest BCUT2D eigenvalue weighted by molar-refractivity contribution is 5.88. The third-order valence-corrected chi connectivity index (χ3v) is 3.85. The Morgan fingerprint density at radius 2 is 2.05 bits per heavy atom. The molecule has 122 valence electrons. The Bertz CT molecular complexity index is 353. The first-order valence-corrected chi connectivity index (χ1v) is 7.68. The van der Waals surface area contributed by atoms with Crippen LogP contribution in [0.2, 0.25) is 0 Å². The van der Waals surface area contributed by atoms with Crippen LogP contribution in [0.3, 0.4) is 0 Å². The van der Waals surface area contributed by atoms with E-state index in [-0.39, 0.29) is 18.4 Å². The second-order valence-corrected chi connectivity index (χ2v) is 6.37. The Hall–Kier alpha value is -0.910. The van der Waals surface area contributed by atoms with Crippen LogP contribution in [0, 0.1) is 11.8 Å².